The third kappa shape index (κ3) is 3.57. The number of hydrogen-bond donors (Lipinski definition) is 1. The number of aliphatic hydroxyl groups is 1. The molecule has 0 aliphatic rings. The zero-order chi connectivity index (χ0) is 14.6. The average molecular weight is 264 g/mol. The van der Waals surface area contributed by atoms with E-state index < -0.39 is 11.5 Å². The molecule has 3 nitrogen and oxygen atoms in total. The molecule has 0 radical (unpaired) electrons. The normalized spacial score (nSPS) is 13.4. The summed E-state index contributed by atoms with van der Waals surface area (Å²) in [6.45, 7) is 9.72. The Morgan fingerprint density at radius 2 is 1.68 bits per heavy atom. The molecule has 0 spiro atoms. The highest BCUT2D eigenvalue weighted by Crippen LogP contribution is 2.35. The van der Waals surface area contributed by atoms with Gasteiger partial charge >= 0.3 is 5.97 Å². The van der Waals surface area contributed by atoms with E-state index in [0.717, 1.165) is 5.56 Å². The molecule has 3 heteroatoms. The van der Waals surface area contributed by atoms with Crippen LogP contribution in [0.3, 0.4) is 0 Å². The van der Waals surface area contributed by atoms with Crippen molar-refractivity contribution >= 4 is 5.97 Å². The van der Waals surface area contributed by atoms with Crippen LogP contribution >= 0.6 is 0 Å². The van der Waals surface area contributed by atoms with E-state index >= 15 is 0 Å². The van der Waals surface area contributed by atoms with Crippen molar-refractivity contribution in [1.82, 2.24) is 0 Å². The summed E-state index contributed by atoms with van der Waals surface area (Å²) >= 11 is 0. The fourth-order valence-corrected chi connectivity index (χ4v) is 1.91. The fraction of sp³-hybridized carbons (Fsp3) is 0.562. The molecule has 0 saturated carbocycles. The van der Waals surface area contributed by atoms with Crippen LogP contribution in [0.25, 0.3) is 0 Å². The van der Waals surface area contributed by atoms with Crippen molar-refractivity contribution in [2.24, 2.45) is 5.41 Å². The van der Waals surface area contributed by atoms with E-state index in [1.54, 1.807) is 20.8 Å². The lowest BCUT2D eigenvalue weighted by Crippen LogP contribution is -2.33. The zero-order valence-electron chi connectivity index (χ0n) is 12.4. The molecule has 1 rings (SSSR count). The van der Waals surface area contributed by atoms with E-state index in [9.17, 15) is 9.90 Å². The van der Waals surface area contributed by atoms with Gasteiger partial charge in [0.25, 0.3) is 0 Å². The lowest BCUT2D eigenvalue weighted by Gasteiger charge is -2.28. The molecular formula is C16H24O3. The van der Waals surface area contributed by atoms with Crippen molar-refractivity contribution in [3.05, 3.63) is 35.4 Å². The Hall–Kier alpha value is -1.35. The first-order valence-corrected chi connectivity index (χ1v) is 6.75. The number of hydrogen-bond acceptors (Lipinski definition) is 3. The highest BCUT2D eigenvalue weighted by atomic mass is 16.5. The van der Waals surface area contributed by atoms with Gasteiger partial charge in [-0.05, 0) is 37.8 Å². The van der Waals surface area contributed by atoms with Crippen molar-refractivity contribution in [3.8, 4) is 0 Å². The number of ether oxygens (including phenoxy) is 1. The van der Waals surface area contributed by atoms with E-state index in [1.165, 1.54) is 5.56 Å². The minimum Gasteiger partial charge on any atom is -0.465 e. The van der Waals surface area contributed by atoms with Crippen LogP contribution in [0.5, 0.6) is 0 Å². The number of rotatable bonds is 5. The summed E-state index contributed by atoms with van der Waals surface area (Å²) in [5.74, 6) is 0.0692. The Balaban J connectivity index is 2.92. The van der Waals surface area contributed by atoms with Crippen molar-refractivity contribution in [2.45, 2.75) is 46.6 Å². The Labute approximate surface area is 115 Å². The quantitative estimate of drug-likeness (QED) is 0.829. The van der Waals surface area contributed by atoms with Crippen LogP contribution in [0.4, 0.5) is 0 Å². The molecule has 19 heavy (non-hydrogen) atoms. The summed E-state index contributed by atoms with van der Waals surface area (Å²) in [6.07, 6.45) is -0.868. The molecule has 0 aliphatic carbocycles. The molecule has 0 saturated heterocycles. The molecule has 0 heterocycles. The summed E-state index contributed by atoms with van der Waals surface area (Å²) in [6, 6.07) is 7.73. The molecule has 0 aromatic heterocycles. The highest BCUT2D eigenvalue weighted by molar-refractivity contribution is 5.77. The van der Waals surface area contributed by atoms with Gasteiger partial charge in [0, 0.05) is 0 Å². The maximum atomic E-state index is 11.9. The van der Waals surface area contributed by atoms with Gasteiger partial charge in [0.1, 0.15) is 0 Å². The Morgan fingerprint density at radius 1 is 1.21 bits per heavy atom. The first-order valence-electron chi connectivity index (χ1n) is 6.75. The van der Waals surface area contributed by atoms with Gasteiger partial charge in [0.15, 0.2) is 0 Å². The largest absolute Gasteiger partial charge is 0.465 e. The molecule has 0 amide bonds. The van der Waals surface area contributed by atoms with Crippen LogP contribution in [-0.4, -0.2) is 17.7 Å². The van der Waals surface area contributed by atoms with Gasteiger partial charge in [0.05, 0.1) is 18.1 Å². The Bertz CT molecular complexity index is 418. The minimum atomic E-state index is -0.949. The summed E-state index contributed by atoms with van der Waals surface area (Å²) in [5.41, 5.74) is 1.00. The maximum absolute atomic E-state index is 11.9. The molecule has 0 fully saturated rings. The lowest BCUT2D eigenvalue weighted by molar-refractivity contribution is -0.160. The molecule has 1 aromatic rings. The number of aliphatic hydroxyl groups excluding tert-OH is 1. The van der Waals surface area contributed by atoms with Crippen LogP contribution < -0.4 is 0 Å². The third-order valence-corrected chi connectivity index (χ3v) is 3.40. The summed E-state index contributed by atoms with van der Waals surface area (Å²) in [4.78, 5) is 11.9. The summed E-state index contributed by atoms with van der Waals surface area (Å²) in [7, 11) is 0. The zero-order valence-corrected chi connectivity index (χ0v) is 12.4. The van der Waals surface area contributed by atoms with Gasteiger partial charge < -0.3 is 9.84 Å². The third-order valence-electron chi connectivity index (χ3n) is 3.40. The standard InChI is InChI=1S/C16H24O3/c1-6-19-15(18)16(4,5)14(17)13-9-7-12(8-10-13)11(2)3/h7-11,14,17H,6H2,1-5H3. The van der Waals surface area contributed by atoms with Gasteiger partial charge in [-0.2, -0.15) is 0 Å². The summed E-state index contributed by atoms with van der Waals surface area (Å²) in [5, 5.41) is 10.4. The number of esters is 1. The monoisotopic (exact) mass is 264 g/mol. The summed E-state index contributed by atoms with van der Waals surface area (Å²) < 4.78 is 5.01. The van der Waals surface area contributed by atoms with Crippen molar-refractivity contribution in [3.63, 3.8) is 0 Å². The molecule has 1 atom stereocenters. The van der Waals surface area contributed by atoms with Gasteiger partial charge in [-0.25, -0.2) is 0 Å². The van der Waals surface area contributed by atoms with Crippen LogP contribution in [0.2, 0.25) is 0 Å². The minimum absolute atomic E-state index is 0.321. The average Bonchev–Trinajstić information content (AvgIpc) is 2.38. The van der Waals surface area contributed by atoms with Gasteiger partial charge in [-0.15, -0.1) is 0 Å². The second-order valence-corrected chi connectivity index (χ2v) is 5.67. The topological polar surface area (TPSA) is 46.5 Å². The Kier molecular flexibility index (Phi) is 5.12. The van der Waals surface area contributed by atoms with E-state index in [0.29, 0.717) is 12.5 Å². The van der Waals surface area contributed by atoms with Gasteiger partial charge in [-0.1, -0.05) is 38.1 Å². The van der Waals surface area contributed by atoms with Crippen molar-refractivity contribution in [2.75, 3.05) is 6.61 Å². The predicted octanol–water partition coefficient (Wildman–Crippen LogP) is 3.43. The van der Waals surface area contributed by atoms with Crippen LogP contribution in [0, 0.1) is 5.41 Å². The second-order valence-electron chi connectivity index (χ2n) is 5.67. The SMILES string of the molecule is CCOC(=O)C(C)(C)C(O)c1ccc(C(C)C)cc1. The van der Waals surface area contributed by atoms with E-state index in [2.05, 4.69) is 13.8 Å². The van der Waals surface area contributed by atoms with E-state index in [4.69, 9.17) is 4.74 Å². The molecular weight excluding hydrogens is 240 g/mol. The number of carbonyl (C=O) groups is 1. The van der Waals surface area contributed by atoms with Crippen molar-refractivity contribution in [1.29, 1.82) is 0 Å². The highest BCUT2D eigenvalue weighted by Gasteiger charge is 2.38. The molecule has 1 N–H and O–H groups in total. The second kappa shape index (κ2) is 6.20. The van der Waals surface area contributed by atoms with Gasteiger partial charge in [-0.3, -0.25) is 4.79 Å². The first kappa shape index (κ1) is 15.7. The predicted molar refractivity (Wildman–Crippen MR) is 75.9 cm³/mol. The van der Waals surface area contributed by atoms with E-state index in [-0.39, 0.29) is 5.97 Å². The Morgan fingerprint density at radius 3 is 2.11 bits per heavy atom. The first-order chi connectivity index (χ1) is 8.80. The number of benzene rings is 1. The van der Waals surface area contributed by atoms with Crippen LogP contribution in [-0.2, 0) is 9.53 Å². The molecule has 106 valence electrons. The van der Waals surface area contributed by atoms with Crippen LogP contribution in [0.1, 0.15) is 57.8 Å². The molecule has 0 bridgehead atoms. The number of carbonyl (C=O) groups excluding carboxylic acids is 1. The fourth-order valence-electron chi connectivity index (χ4n) is 1.91. The molecule has 0 aliphatic heterocycles. The molecule has 1 unspecified atom stereocenters. The van der Waals surface area contributed by atoms with Crippen LogP contribution in [0.15, 0.2) is 24.3 Å². The van der Waals surface area contributed by atoms with Gasteiger partial charge in [0.2, 0.25) is 0 Å². The smallest absolute Gasteiger partial charge is 0.314 e. The van der Waals surface area contributed by atoms with E-state index in [1.807, 2.05) is 24.3 Å². The van der Waals surface area contributed by atoms with Crippen molar-refractivity contribution < 1.29 is 14.6 Å². The molecule has 1 aromatic carbocycles. The maximum Gasteiger partial charge on any atom is 0.314 e. The lowest BCUT2D eigenvalue weighted by atomic mass is 9.82.